The molecule has 6 heteroatoms. The fraction of sp³-hybridized carbons (Fsp3) is 0.333. The molecule has 0 amide bonds. The molecular formula is C12H13BrN2O3. The Balaban J connectivity index is 2.34. The molecule has 1 heterocycles. The molecule has 0 spiro atoms. The zero-order chi connectivity index (χ0) is 13.3. The summed E-state index contributed by atoms with van der Waals surface area (Å²) in [5.41, 5.74) is -0.197. The number of rotatable bonds is 3. The Morgan fingerprint density at radius 2 is 1.83 bits per heavy atom. The number of aliphatic hydroxyl groups excluding tert-OH is 1. The lowest BCUT2D eigenvalue weighted by molar-refractivity contribution is -0.0919. The number of aromatic nitrogens is 2. The van der Waals surface area contributed by atoms with Crippen LogP contribution in [-0.4, -0.2) is 26.6 Å². The van der Waals surface area contributed by atoms with Crippen molar-refractivity contribution < 1.29 is 14.7 Å². The quantitative estimate of drug-likeness (QED) is 0.848. The van der Waals surface area contributed by atoms with Crippen LogP contribution in [0.5, 0.6) is 0 Å². The van der Waals surface area contributed by atoms with E-state index in [1.165, 1.54) is 0 Å². The van der Waals surface area contributed by atoms with Crippen LogP contribution in [0.3, 0.4) is 0 Å². The molecule has 96 valence electrons. The SMILES string of the molecule is CC(C)(c1noc(-c2ccc(Br)cc2)n1)C(O)O. The molecule has 18 heavy (non-hydrogen) atoms. The van der Waals surface area contributed by atoms with Crippen molar-refractivity contribution in [3.63, 3.8) is 0 Å². The molecular weight excluding hydrogens is 300 g/mol. The van der Waals surface area contributed by atoms with E-state index in [0.29, 0.717) is 5.89 Å². The van der Waals surface area contributed by atoms with Crippen LogP contribution < -0.4 is 0 Å². The van der Waals surface area contributed by atoms with Crippen molar-refractivity contribution in [1.82, 2.24) is 10.1 Å². The third kappa shape index (κ3) is 2.45. The summed E-state index contributed by atoms with van der Waals surface area (Å²) >= 11 is 3.34. The second-order valence-corrected chi connectivity index (χ2v) is 5.44. The van der Waals surface area contributed by atoms with Gasteiger partial charge in [-0.1, -0.05) is 21.1 Å². The molecule has 1 aromatic carbocycles. The smallest absolute Gasteiger partial charge is 0.257 e. The first-order valence-electron chi connectivity index (χ1n) is 5.37. The summed E-state index contributed by atoms with van der Waals surface area (Å²) in [5, 5.41) is 22.3. The third-order valence-corrected chi connectivity index (χ3v) is 3.27. The zero-order valence-electron chi connectivity index (χ0n) is 9.96. The van der Waals surface area contributed by atoms with Gasteiger partial charge < -0.3 is 14.7 Å². The van der Waals surface area contributed by atoms with Crippen LogP contribution in [0.2, 0.25) is 0 Å². The average Bonchev–Trinajstić information content (AvgIpc) is 2.79. The van der Waals surface area contributed by atoms with E-state index in [1.54, 1.807) is 13.8 Å². The van der Waals surface area contributed by atoms with E-state index in [1.807, 2.05) is 24.3 Å². The van der Waals surface area contributed by atoms with Gasteiger partial charge in [-0.2, -0.15) is 4.98 Å². The van der Waals surface area contributed by atoms with Crippen molar-refractivity contribution in [1.29, 1.82) is 0 Å². The summed E-state index contributed by atoms with van der Waals surface area (Å²) in [6.45, 7) is 3.27. The van der Waals surface area contributed by atoms with Crippen LogP contribution in [0, 0.1) is 0 Å². The maximum absolute atomic E-state index is 9.28. The normalized spacial score (nSPS) is 12.1. The van der Waals surface area contributed by atoms with Crippen LogP contribution in [0.15, 0.2) is 33.3 Å². The van der Waals surface area contributed by atoms with Gasteiger partial charge in [-0.15, -0.1) is 0 Å². The molecule has 0 saturated heterocycles. The highest BCUT2D eigenvalue weighted by Gasteiger charge is 2.33. The molecule has 2 N–H and O–H groups in total. The summed E-state index contributed by atoms with van der Waals surface area (Å²) in [6, 6.07) is 7.41. The largest absolute Gasteiger partial charge is 0.367 e. The van der Waals surface area contributed by atoms with Gasteiger partial charge in [0.1, 0.15) is 0 Å². The Bertz CT molecular complexity index is 535. The van der Waals surface area contributed by atoms with E-state index < -0.39 is 11.7 Å². The van der Waals surface area contributed by atoms with Gasteiger partial charge in [0, 0.05) is 10.0 Å². The average molecular weight is 313 g/mol. The Labute approximate surface area is 113 Å². The van der Waals surface area contributed by atoms with Crippen LogP contribution in [0.25, 0.3) is 11.5 Å². The Morgan fingerprint density at radius 1 is 1.22 bits per heavy atom. The molecule has 0 aliphatic heterocycles. The van der Waals surface area contributed by atoms with Crippen molar-refractivity contribution >= 4 is 15.9 Å². The van der Waals surface area contributed by atoms with Crippen molar-refractivity contribution in [3.05, 3.63) is 34.6 Å². The number of nitrogens with zero attached hydrogens (tertiary/aromatic N) is 2. The van der Waals surface area contributed by atoms with Crippen molar-refractivity contribution in [3.8, 4) is 11.5 Å². The Morgan fingerprint density at radius 3 is 2.39 bits per heavy atom. The minimum Gasteiger partial charge on any atom is -0.367 e. The molecule has 0 atom stereocenters. The minimum absolute atomic E-state index is 0.260. The van der Waals surface area contributed by atoms with Crippen LogP contribution in [0.4, 0.5) is 0 Å². The summed E-state index contributed by atoms with van der Waals surface area (Å²) in [4.78, 5) is 4.19. The van der Waals surface area contributed by atoms with Crippen molar-refractivity contribution in [2.24, 2.45) is 0 Å². The van der Waals surface area contributed by atoms with Crippen LogP contribution >= 0.6 is 15.9 Å². The van der Waals surface area contributed by atoms with Crippen LogP contribution in [0.1, 0.15) is 19.7 Å². The Hall–Kier alpha value is -1.24. The lowest BCUT2D eigenvalue weighted by Gasteiger charge is -2.21. The molecule has 0 unspecified atom stereocenters. The van der Waals surface area contributed by atoms with Gasteiger partial charge in [0.05, 0.1) is 5.41 Å². The summed E-state index contributed by atoms with van der Waals surface area (Å²) < 4.78 is 6.08. The van der Waals surface area contributed by atoms with Gasteiger partial charge in [-0.05, 0) is 38.1 Å². The predicted molar refractivity (Wildman–Crippen MR) is 68.7 cm³/mol. The van der Waals surface area contributed by atoms with E-state index in [9.17, 15) is 10.2 Å². The number of halogens is 1. The van der Waals surface area contributed by atoms with Gasteiger partial charge in [-0.25, -0.2) is 0 Å². The third-order valence-electron chi connectivity index (χ3n) is 2.74. The standard InChI is InChI=1S/C12H13BrN2O3/c1-12(2,11(16)17)10-14-9(18-15-10)7-3-5-8(13)6-4-7/h3-6,11,16-17H,1-2H3. The number of benzene rings is 1. The van der Waals surface area contributed by atoms with E-state index >= 15 is 0 Å². The summed E-state index contributed by atoms with van der Waals surface area (Å²) in [5.74, 6) is 0.613. The summed E-state index contributed by atoms with van der Waals surface area (Å²) in [7, 11) is 0. The fourth-order valence-electron chi connectivity index (χ4n) is 1.31. The lowest BCUT2D eigenvalue weighted by atomic mass is 9.92. The molecule has 0 aliphatic carbocycles. The van der Waals surface area contributed by atoms with Gasteiger partial charge in [0.2, 0.25) is 0 Å². The lowest BCUT2D eigenvalue weighted by Crippen LogP contribution is -2.34. The first-order valence-corrected chi connectivity index (χ1v) is 6.17. The summed E-state index contributed by atoms with van der Waals surface area (Å²) in [6.07, 6.45) is -1.55. The Kier molecular flexibility index (Phi) is 3.52. The fourth-order valence-corrected chi connectivity index (χ4v) is 1.57. The van der Waals surface area contributed by atoms with Crippen molar-refractivity contribution in [2.75, 3.05) is 0 Å². The minimum atomic E-state index is -1.55. The van der Waals surface area contributed by atoms with Gasteiger partial charge >= 0.3 is 0 Å². The molecule has 0 saturated carbocycles. The topological polar surface area (TPSA) is 79.4 Å². The van der Waals surface area contributed by atoms with Crippen molar-refractivity contribution in [2.45, 2.75) is 25.6 Å². The first kappa shape index (κ1) is 13.2. The predicted octanol–water partition coefficient (Wildman–Crippen LogP) is 2.09. The molecule has 5 nitrogen and oxygen atoms in total. The molecule has 0 aliphatic rings. The molecule has 0 fully saturated rings. The van der Waals surface area contributed by atoms with E-state index in [2.05, 4.69) is 26.1 Å². The highest BCUT2D eigenvalue weighted by atomic mass is 79.9. The zero-order valence-corrected chi connectivity index (χ0v) is 11.5. The van der Waals surface area contributed by atoms with E-state index in [-0.39, 0.29) is 5.82 Å². The molecule has 0 bridgehead atoms. The number of aliphatic hydroxyl groups is 2. The monoisotopic (exact) mass is 312 g/mol. The van der Waals surface area contributed by atoms with Gasteiger partial charge in [0.15, 0.2) is 12.1 Å². The van der Waals surface area contributed by atoms with E-state index in [0.717, 1.165) is 10.0 Å². The molecule has 0 radical (unpaired) electrons. The number of hydrogen-bond donors (Lipinski definition) is 2. The highest BCUT2D eigenvalue weighted by molar-refractivity contribution is 9.10. The maximum Gasteiger partial charge on any atom is 0.257 e. The maximum atomic E-state index is 9.28. The molecule has 2 rings (SSSR count). The first-order chi connectivity index (χ1) is 8.41. The number of hydrogen-bond acceptors (Lipinski definition) is 5. The second kappa shape index (κ2) is 4.79. The van der Waals surface area contributed by atoms with E-state index in [4.69, 9.17) is 4.52 Å². The molecule has 2 aromatic rings. The van der Waals surface area contributed by atoms with Crippen LogP contribution in [-0.2, 0) is 5.41 Å². The van der Waals surface area contributed by atoms with Gasteiger partial charge in [0.25, 0.3) is 5.89 Å². The molecule has 1 aromatic heterocycles. The van der Waals surface area contributed by atoms with Gasteiger partial charge in [-0.3, -0.25) is 0 Å². The second-order valence-electron chi connectivity index (χ2n) is 4.53. The highest BCUT2D eigenvalue weighted by Crippen LogP contribution is 2.26.